The van der Waals surface area contributed by atoms with Crippen molar-refractivity contribution in [3.8, 4) is 0 Å². The van der Waals surface area contributed by atoms with Crippen molar-refractivity contribution in [3.05, 3.63) is 0 Å². The van der Waals surface area contributed by atoms with Gasteiger partial charge >= 0.3 is 0 Å². The summed E-state index contributed by atoms with van der Waals surface area (Å²) in [6, 6.07) is 0.667. The second kappa shape index (κ2) is 7.30. The molecular formula is C16H31NSSi. The van der Waals surface area contributed by atoms with Crippen molar-refractivity contribution in [3.63, 3.8) is 0 Å². The van der Waals surface area contributed by atoms with Crippen LogP contribution >= 0.6 is 11.2 Å². The summed E-state index contributed by atoms with van der Waals surface area (Å²) < 4.78 is 0. The Morgan fingerprint density at radius 2 is 1.53 bits per heavy atom. The van der Waals surface area contributed by atoms with Crippen molar-refractivity contribution >= 4 is 24.1 Å². The van der Waals surface area contributed by atoms with E-state index in [1.165, 1.54) is 64.2 Å². The molecule has 0 N–H and O–H groups in total. The van der Waals surface area contributed by atoms with Gasteiger partial charge in [-0.25, -0.2) is 0 Å². The third-order valence-corrected chi connectivity index (χ3v) is 8.66. The highest BCUT2D eigenvalue weighted by Crippen LogP contribution is 2.34. The lowest BCUT2D eigenvalue weighted by atomic mass is 9.97. The zero-order valence-corrected chi connectivity index (χ0v) is 14.9. The number of aliphatic imine (C=N–C) groups is 1. The van der Waals surface area contributed by atoms with Crippen LogP contribution in [-0.4, -0.2) is 24.2 Å². The Morgan fingerprint density at radius 3 is 2.16 bits per heavy atom. The average Bonchev–Trinajstić information content (AvgIpc) is 2.58. The first-order chi connectivity index (χ1) is 9.04. The summed E-state index contributed by atoms with van der Waals surface area (Å²) in [5.41, 5.74) is 1.59. The van der Waals surface area contributed by atoms with E-state index >= 15 is 0 Å². The van der Waals surface area contributed by atoms with E-state index in [1.807, 2.05) is 0 Å². The van der Waals surface area contributed by atoms with Gasteiger partial charge < -0.3 is 0 Å². The van der Waals surface area contributed by atoms with Crippen LogP contribution in [0.25, 0.3) is 0 Å². The molecule has 2 saturated carbocycles. The number of nitrogens with zero attached hydrogens (tertiary/aromatic N) is 1. The van der Waals surface area contributed by atoms with E-state index in [0.717, 1.165) is 5.25 Å². The lowest BCUT2D eigenvalue weighted by molar-refractivity contribution is 0.574. The van der Waals surface area contributed by atoms with Crippen LogP contribution in [0.5, 0.6) is 0 Å². The maximum atomic E-state index is 5.24. The van der Waals surface area contributed by atoms with Crippen LogP contribution in [0.2, 0.25) is 19.6 Å². The molecule has 1 atom stereocenters. The molecule has 0 aromatic heterocycles. The van der Waals surface area contributed by atoms with Crippen LogP contribution in [0, 0.1) is 0 Å². The Hall–Kier alpha value is 0.237. The van der Waals surface area contributed by atoms with Gasteiger partial charge in [0.1, 0.15) is 7.22 Å². The lowest BCUT2D eigenvalue weighted by Gasteiger charge is -2.30. The van der Waals surface area contributed by atoms with E-state index < -0.39 is 7.22 Å². The molecule has 2 fully saturated rings. The zero-order valence-electron chi connectivity index (χ0n) is 13.1. The first kappa shape index (κ1) is 15.6. The van der Waals surface area contributed by atoms with Crippen LogP contribution in [-0.2, 0) is 0 Å². The van der Waals surface area contributed by atoms with Crippen LogP contribution in [0.1, 0.15) is 64.2 Å². The SMILES string of the molecule is C[Si](C)(C)SC1CCCCC1=NC1CCCCCC1. The summed E-state index contributed by atoms with van der Waals surface area (Å²) in [4.78, 5) is 5.24. The normalized spacial score (nSPS) is 29.4. The molecule has 1 unspecified atom stereocenters. The fourth-order valence-electron chi connectivity index (χ4n) is 3.29. The summed E-state index contributed by atoms with van der Waals surface area (Å²) in [6.07, 6.45) is 13.9. The predicted octanol–water partition coefficient (Wildman–Crippen LogP) is 5.66. The molecule has 2 aliphatic carbocycles. The number of rotatable bonds is 3. The smallest absolute Gasteiger partial charge is 0.109 e. The minimum Gasteiger partial charge on any atom is -0.290 e. The summed E-state index contributed by atoms with van der Waals surface area (Å²) in [5, 5.41) is 0.767. The van der Waals surface area contributed by atoms with Crippen LogP contribution in [0.3, 0.4) is 0 Å². The highest BCUT2D eigenvalue weighted by atomic mass is 32.4. The van der Waals surface area contributed by atoms with Crippen molar-refractivity contribution in [1.29, 1.82) is 0 Å². The molecule has 0 aliphatic heterocycles. The quantitative estimate of drug-likeness (QED) is 0.483. The van der Waals surface area contributed by atoms with Crippen molar-refractivity contribution in [2.24, 2.45) is 4.99 Å². The van der Waals surface area contributed by atoms with Gasteiger partial charge in [0.25, 0.3) is 0 Å². The first-order valence-electron chi connectivity index (χ1n) is 8.29. The second-order valence-corrected chi connectivity index (χ2v) is 16.6. The first-order valence-corrected chi connectivity index (χ1v) is 13.4. The van der Waals surface area contributed by atoms with Gasteiger partial charge in [-0.1, -0.05) is 51.7 Å². The van der Waals surface area contributed by atoms with Crippen molar-refractivity contribution in [2.45, 2.75) is 95.1 Å². The van der Waals surface area contributed by atoms with Gasteiger partial charge in [-0.3, -0.25) is 4.99 Å². The number of hydrogen-bond acceptors (Lipinski definition) is 2. The van der Waals surface area contributed by atoms with Crippen LogP contribution in [0.4, 0.5) is 0 Å². The third kappa shape index (κ3) is 5.62. The van der Waals surface area contributed by atoms with Crippen molar-refractivity contribution in [1.82, 2.24) is 0 Å². The maximum Gasteiger partial charge on any atom is 0.109 e. The van der Waals surface area contributed by atoms with E-state index in [4.69, 9.17) is 4.99 Å². The average molecular weight is 298 g/mol. The van der Waals surface area contributed by atoms with Crippen molar-refractivity contribution in [2.75, 3.05) is 0 Å². The fourth-order valence-corrected chi connectivity index (χ4v) is 8.06. The maximum absolute atomic E-state index is 5.24. The van der Waals surface area contributed by atoms with Gasteiger partial charge in [0.2, 0.25) is 0 Å². The molecule has 2 rings (SSSR count). The molecule has 0 amide bonds. The molecule has 110 valence electrons. The van der Waals surface area contributed by atoms with Gasteiger partial charge in [0.05, 0.1) is 0 Å². The Kier molecular flexibility index (Phi) is 6.01. The molecule has 0 aromatic carbocycles. The van der Waals surface area contributed by atoms with E-state index in [1.54, 1.807) is 5.71 Å². The lowest BCUT2D eigenvalue weighted by Crippen LogP contribution is -2.30. The van der Waals surface area contributed by atoms with Crippen LogP contribution in [0.15, 0.2) is 4.99 Å². The van der Waals surface area contributed by atoms with Crippen molar-refractivity contribution < 1.29 is 0 Å². The number of hydrogen-bond donors (Lipinski definition) is 0. The van der Waals surface area contributed by atoms with E-state index in [9.17, 15) is 0 Å². The van der Waals surface area contributed by atoms with Gasteiger partial charge in [-0.05, 0) is 32.1 Å². The van der Waals surface area contributed by atoms with E-state index in [0.29, 0.717) is 6.04 Å². The predicted molar refractivity (Wildman–Crippen MR) is 92.1 cm³/mol. The molecule has 3 heteroatoms. The molecule has 2 aliphatic rings. The molecule has 1 nitrogen and oxygen atoms in total. The largest absolute Gasteiger partial charge is 0.290 e. The van der Waals surface area contributed by atoms with E-state index in [-0.39, 0.29) is 0 Å². The Labute approximate surface area is 124 Å². The third-order valence-electron chi connectivity index (χ3n) is 4.19. The summed E-state index contributed by atoms with van der Waals surface area (Å²) in [5.74, 6) is 0. The Balaban J connectivity index is 2.00. The summed E-state index contributed by atoms with van der Waals surface area (Å²) >= 11 is 2.29. The minimum atomic E-state index is -1.03. The molecular weight excluding hydrogens is 266 g/mol. The van der Waals surface area contributed by atoms with Gasteiger partial charge in [0, 0.05) is 17.0 Å². The highest BCUT2D eigenvalue weighted by molar-refractivity contribution is 8.29. The molecule has 0 heterocycles. The van der Waals surface area contributed by atoms with Gasteiger partial charge in [0.15, 0.2) is 0 Å². The summed E-state index contributed by atoms with van der Waals surface area (Å²) in [7, 11) is -1.03. The molecule has 0 saturated heterocycles. The molecule has 0 bridgehead atoms. The second-order valence-electron chi connectivity index (χ2n) is 7.23. The topological polar surface area (TPSA) is 12.4 Å². The van der Waals surface area contributed by atoms with Crippen LogP contribution < -0.4 is 0 Å². The monoisotopic (exact) mass is 297 g/mol. The Bertz CT molecular complexity index is 300. The molecule has 0 spiro atoms. The zero-order chi connectivity index (χ0) is 13.7. The minimum absolute atomic E-state index is 0.667. The standard InChI is InChI=1S/C16H31NSSi/c1-19(2,3)18-16-13-9-8-12-15(16)17-14-10-6-4-5-7-11-14/h14,16H,4-13H2,1-3H3. The highest BCUT2D eigenvalue weighted by Gasteiger charge is 2.27. The Morgan fingerprint density at radius 1 is 0.895 bits per heavy atom. The summed E-state index contributed by atoms with van der Waals surface area (Å²) in [6.45, 7) is 7.45. The van der Waals surface area contributed by atoms with E-state index in [2.05, 4.69) is 30.9 Å². The fraction of sp³-hybridized carbons (Fsp3) is 0.938. The van der Waals surface area contributed by atoms with Gasteiger partial charge in [-0.15, -0.1) is 0 Å². The molecule has 0 aromatic rings. The molecule has 19 heavy (non-hydrogen) atoms. The molecule has 0 radical (unpaired) electrons. The van der Waals surface area contributed by atoms with Gasteiger partial charge in [-0.2, -0.15) is 11.2 Å².